The van der Waals surface area contributed by atoms with E-state index in [0.29, 0.717) is 11.4 Å². The van der Waals surface area contributed by atoms with Gasteiger partial charge in [-0.3, -0.25) is 0 Å². The first-order valence-corrected chi connectivity index (χ1v) is 6.24. The van der Waals surface area contributed by atoms with Crippen molar-refractivity contribution in [2.75, 3.05) is 0 Å². The van der Waals surface area contributed by atoms with Crippen LogP contribution >= 0.6 is 11.3 Å². The summed E-state index contributed by atoms with van der Waals surface area (Å²) in [5, 5.41) is 22.0. The molecule has 0 aliphatic rings. The molecule has 0 aliphatic carbocycles. The standard InChI is InChI=1S/C12H19NO3S/c1-11(2,12(3,4)16)13-7-8-5-6-9(17-8)10(14)15/h5-6,13,16H,7H2,1-4H3,(H,14,15). The Labute approximate surface area is 105 Å². The normalized spacial score (nSPS) is 12.8. The van der Waals surface area contributed by atoms with Gasteiger partial charge in [-0.15, -0.1) is 11.3 Å². The van der Waals surface area contributed by atoms with E-state index >= 15 is 0 Å². The summed E-state index contributed by atoms with van der Waals surface area (Å²) in [5.41, 5.74) is -1.29. The Kier molecular flexibility index (Phi) is 3.96. The van der Waals surface area contributed by atoms with Crippen LogP contribution in [0.1, 0.15) is 42.2 Å². The SMILES string of the molecule is CC(C)(O)C(C)(C)NCc1ccc(C(=O)O)s1. The van der Waals surface area contributed by atoms with E-state index in [9.17, 15) is 9.90 Å². The smallest absolute Gasteiger partial charge is 0.345 e. The zero-order chi connectivity index (χ0) is 13.3. The van der Waals surface area contributed by atoms with Crippen LogP contribution in [0.15, 0.2) is 12.1 Å². The van der Waals surface area contributed by atoms with Crippen LogP contribution in [0.25, 0.3) is 0 Å². The molecule has 1 rings (SSSR count). The van der Waals surface area contributed by atoms with Crippen LogP contribution in [0.3, 0.4) is 0 Å². The van der Waals surface area contributed by atoms with Crippen molar-refractivity contribution in [2.45, 2.75) is 45.4 Å². The fourth-order valence-electron chi connectivity index (χ4n) is 1.11. The third-order valence-electron chi connectivity index (χ3n) is 3.11. The number of rotatable bonds is 5. The first-order valence-electron chi connectivity index (χ1n) is 5.43. The summed E-state index contributed by atoms with van der Waals surface area (Å²) in [7, 11) is 0. The molecule has 96 valence electrons. The first kappa shape index (κ1) is 14.2. The van der Waals surface area contributed by atoms with E-state index in [1.807, 2.05) is 13.8 Å². The van der Waals surface area contributed by atoms with E-state index in [1.54, 1.807) is 26.0 Å². The van der Waals surface area contributed by atoms with Crippen molar-refractivity contribution in [3.8, 4) is 0 Å². The summed E-state index contributed by atoms with van der Waals surface area (Å²) >= 11 is 1.25. The number of hydrogen-bond donors (Lipinski definition) is 3. The Balaban J connectivity index is 2.64. The maximum Gasteiger partial charge on any atom is 0.345 e. The molecule has 5 heteroatoms. The minimum atomic E-state index is -0.900. The molecule has 0 spiro atoms. The van der Waals surface area contributed by atoms with Gasteiger partial charge in [0.1, 0.15) is 4.88 Å². The molecule has 3 N–H and O–H groups in total. The number of aromatic carboxylic acids is 1. The molecule has 1 heterocycles. The van der Waals surface area contributed by atoms with Gasteiger partial charge >= 0.3 is 5.97 Å². The molecule has 4 nitrogen and oxygen atoms in total. The number of nitrogens with one attached hydrogen (secondary N) is 1. The third-order valence-corrected chi connectivity index (χ3v) is 4.18. The summed E-state index contributed by atoms with van der Waals surface area (Å²) < 4.78 is 0. The Hall–Kier alpha value is -0.910. The Morgan fingerprint density at radius 3 is 2.35 bits per heavy atom. The quantitative estimate of drug-likeness (QED) is 0.755. The predicted molar refractivity (Wildman–Crippen MR) is 68.5 cm³/mol. The Morgan fingerprint density at radius 1 is 1.35 bits per heavy atom. The maximum atomic E-state index is 10.7. The van der Waals surface area contributed by atoms with Gasteiger partial charge in [-0.2, -0.15) is 0 Å². The third kappa shape index (κ3) is 3.52. The lowest BCUT2D eigenvalue weighted by Gasteiger charge is -2.38. The minimum Gasteiger partial charge on any atom is -0.477 e. The van der Waals surface area contributed by atoms with Crippen LogP contribution in [0, 0.1) is 0 Å². The molecule has 0 atom stereocenters. The molecule has 0 saturated heterocycles. The van der Waals surface area contributed by atoms with Gasteiger partial charge in [0.2, 0.25) is 0 Å². The van der Waals surface area contributed by atoms with E-state index < -0.39 is 17.1 Å². The van der Waals surface area contributed by atoms with Crippen LogP contribution in [0.5, 0.6) is 0 Å². The van der Waals surface area contributed by atoms with E-state index in [0.717, 1.165) is 4.88 Å². The van der Waals surface area contributed by atoms with Gasteiger partial charge in [0.15, 0.2) is 0 Å². The monoisotopic (exact) mass is 257 g/mol. The van der Waals surface area contributed by atoms with Crippen LogP contribution < -0.4 is 5.32 Å². The highest BCUT2D eigenvalue weighted by atomic mass is 32.1. The van der Waals surface area contributed by atoms with Gasteiger partial charge in [0.25, 0.3) is 0 Å². The highest BCUT2D eigenvalue weighted by molar-refractivity contribution is 7.13. The number of carboxylic acid groups (broad SMARTS) is 1. The predicted octanol–water partition coefficient (Wildman–Crippen LogP) is 2.09. The average molecular weight is 257 g/mol. The molecule has 0 saturated carbocycles. The topological polar surface area (TPSA) is 69.6 Å². The lowest BCUT2D eigenvalue weighted by molar-refractivity contribution is -0.00520. The van der Waals surface area contributed by atoms with Gasteiger partial charge < -0.3 is 15.5 Å². The van der Waals surface area contributed by atoms with Gasteiger partial charge in [-0.25, -0.2) is 4.79 Å². The second-order valence-electron chi connectivity index (χ2n) is 5.11. The fourth-order valence-corrected chi connectivity index (χ4v) is 1.90. The molecular weight excluding hydrogens is 238 g/mol. The molecule has 1 aromatic heterocycles. The second-order valence-corrected chi connectivity index (χ2v) is 6.28. The fraction of sp³-hybridized carbons (Fsp3) is 0.583. The van der Waals surface area contributed by atoms with Gasteiger partial charge in [-0.1, -0.05) is 0 Å². The molecule has 0 bridgehead atoms. The van der Waals surface area contributed by atoms with Crippen molar-refractivity contribution in [3.63, 3.8) is 0 Å². The summed E-state index contributed by atoms with van der Waals surface area (Å²) in [5.74, 6) is -0.900. The zero-order valence-electron chi connectivity index (χ0n) is 10.6. The van der Waals surface area contributed by atoms with Crippen LogP contribution in [0.4, 0.5) is 0 Å². The van der Waals surface area contributed by atoms with Crippen molar-refractivity contribution >= 4 is 17.3 Å². The van der Waals surface area contributed by atoms with E-state index in [-0.39, 0.29) is 0 Å². The lowest BCUT2D eigenvalue weighted by atomic mass is 9.86. The van der Waals surface area contributed by atoms with Gasteiger partial charge in [-0.05, 0) is 39.8 Å². The van der Waals surface area contributed by atoms with E-state index in [1.165, 1.54) is 11.3 Å². The zero-order valence-corrected chi connectivity index (χ0v) is 11.4. The first-order chi connectivity index (χ1) is 7.63. The Morgan fingerprint density at radius 2 is 1.94 bits per heavy atom. The van der Waals surface area contributed by atoms with Crippen molar-refractivity contribution in [1.29, 1.82) is 0 Å². The average Bonchev–Trinajstić information content (AvgIpc) is 2.61. The summed E-state index contributed by atoms with van der Waals surface area (Å²) in [6.07, 6.45) is 0. The summed E-state index contributed by atoms with van der Waals surface area (Å²) in [4.78, 5) is 12.0. The molecule has 0 unspecified atom stereocenters. The second kappa shape index (κ2) is 4.76. The molecule has 0 aromatic carbocycles. The van der Waals surface area contributed by atoms with Crippen LogP contribution in [-0.4, -0.2) is 27.3 Å². The molecular formula is C12H19NO3S. The van der Waals surface area contributed by atoms with Gasteiger partial charge in [0.05, 0.1) is 5.60 Å². The summed E-state index contributed by atoms with van der Waals surface area (Å²) in [6.45, 7) is 7.88. The van der Waals surface area contributed by atoms with Crippen molar-refractivity contribution in [2.24, 2.45) is 0 Å². The minimum absolute atomic E-state index is 0.336. The van der Waals surface area contributed by atoms with Crippen molar-refractivity contribution in [3.05, 3.63) is 21.9 Å². The number of hydrogen-bond acceptors (Lipinski definition) is 4. The van der Waals surface area contributed by atoms with Crippen molar-refractivity contribution < 1.29 is 15.0 Å². The molecule has 1 aromatic rings. The molecule has 0 aliphatic heterocycles. The number of thiophene rings is 1. The molecule has 17 heavy (non-hydrogen) atoms. The molecule has 0 fully saturated rings. The lowest BCUT2D eigenvalue weighted by Crippen LogP contribution is -2.55. The van der Waals surface area contributed by atoms with Crippen LogP contribution in [-0.2, 0) is 6.54 Å². The highest BCUT2D eigenvalue weighted by Crippen LogP contribution is 2.22. The Bertz CT molecular complexity index is 404. The number of carbonyl (C=O) groups is 1. The summed E-state index contributed by atoms with van der Waals surface area (Å²) in [6, 6.07) is 3.39. The molecule has 0 radical (unpaired) electrons. The van der Waals surface area contributed by atoms with Gasteiger partial charge in [0, 0.05) is 17.0 Å². The van der Waals surface area contributed by atoms with Crippen LogP contribution in [0.2, 0.25) is 0 Å². The van der Waals surface area contributed by atoms with E-state index in [2.05, 4.69) is 5.32 Å². The number of aliphatic hydroxyl groups is 1. The highest BCUT2D eigenvalue weighted by Gasteiger charge is 2.34. The number of carboxylic acids is 1. The van der Waals surface area contributed by atoms with Crippen molar-refractivity contribution in [1.82, 2.24) is 5.32 Å². The van der Waals surface area contributed by atoms with E-state index in [4.69, 9.17) is 5.11 Å². The maximum absolute atomic E-state index is 10.7. The molecule has 0 amide bonds. The largest absolute Gasteiger partial charge is 0.477 e.